The lowest BCUT2D eigenvalue weighted by Crippen LogP contribution is -2.17. The number of hydrogen-bond donors (Lipinski definition) is 1. The third kappa shape index (κ3) is 11.4. The molecule has 1 N–H and O–H groups in total. The third-order valence-corrected chi connectivity index (χ3v) is 2.54. The van der Waals surface area contributed by atoms with Crippen LogP contribution in [0.3, 0.4) is 0 Å². The van der Waals surface area contributed by atoms with Gasteiger partial charge in [0.05, 0.1) is 6.61 Å². The van der Waals surface area contributed by atoms with E-state index in [0.717, 1.165) is 25.9 Å². The van der Waals surface area contributed by atoms with Crippen molar-refractivity contribution in [1.29, 1.82) is 0 Å². The van der Waals surface area contributed by atoms with Crippen molar-refractivity contribution in [3.63, 3.8) is 0 Å². The van der Waals surface area contributed by atoms with Crippen LogP contribution < -0.4 is 5.32 Å². The summed E-state index contributed by atoms with van der Waals surface area (Å²) in [5.74, 6) is -0.280. The molecule has 0 aliphatic heterocycles. The average Bonchev–Trinajstić information content (AvgIpc) is 2.31. The Hall–Kier alpha value is -0.830. The highest BCUT2D eigenvalue weighted by molar-refractivity contribution is 5.86. The fourth-order valence-electron chi connectivity index (χ4n) is 1.44. The summed E-state index contributed by atoms with van der Waals surface area (Å²) in [5.41, 5.74) is 0.471. The summed E-state index contributed by atoms with van der Waals surface area (Å²) in [6.07, 6.45) is 7.17. The molecule has 0 amide bonds. The van der Waals surface area contributed by atoms with Crippen molar-refractivity contribution in [2.24, 2.45) is 0 Å². The zero-order valence-corrected chi connectivity index (χ0v) is 11.4. The minimum absolute atomic E-state index is 0.280. The molecule has 0 aliphatic rings. The molecule has 0 rings (SSSR count). The lowest BCUT2D eigenvalue weighted by atomic mass is 10.2. The Kier molecular flexibility index (Phi) is 11.1. The van der Waals surface area contributed by atoms with E-state index in [0.29, 0.717) is 12.2 Å². The zero-order chi connectivity index (χ0) is 12.9. The molecule has 0 spiro atoms. The second kappa shape index (κ2) is 11.6. The van der Waals surface area contributed by atoms with E-state index >= 15 is 0 Å². The maximum atomic E-state index is 11.0. The average molecular weight is 241 g/mol. The number of esters is 1. The van der Waals surface area contributed by atoms with Crippen molar-refractivity contribution >= 4 is 5.97 Å². The van der Waals surface area contributed by atoms with Gasteiger partial charge in [0, 0.05) is 5.57 Å². The van der Waals surface area contributed by atoms with Gasteiger partial charge >= 0.3 is 5.97 Å². The largest absolute Gasteiger partial charge is 0.462 e. The number of nitrogens with one attached hydrogen (secondary N) is 1. The molecule has 0 unspecified atom stereocenters. The van der Waals surface area contributed by atoms with Crippen molar-refractivity contribution in [1.82, 2.24) is 5.32 Å². The summed E-state index contributed by atoms with van der Waals surface area (Å²) in [7, 11) is 0. The van der Waals surface area contributed by atoms with E-state index in [1.807, 2.05) is 0 Å². The van der Waals surface area contributed by atoms with Gasteiger partial charge < -0.3 is 10.1 Å². The minimum atomic E-state index is -0.280. The van der Waals surface area contributed by atoms with Crippen molar-refractivity contribution < 1.29 is 9.53 Å². The normalized spacial score (nSPS) is 10.2. The van der Waals surface area contributed by atoms with Crippen molar-refractivity contribution in [2.75, 3.05) is 19.7 Å². The second-order valence-corrected chi connectivity index (χ2v) is 4.43. The molecular formula is C14H27NO2. The second-order valence-electron chi connectivity index (χ2n) is 4.43. The molecule has 0 heterocycles. The number of unbranched alkanes of at least 4 members (excludes halogenated alkanes) is 4. The molecule has 0 aromatic heterocycles. The van der Waals surface area contributed by atoms with E-state index < -0.39 is 0 Å². The zero-order valence-electron chi connectivity index (χ0n) is 11.4. The third-order valence-electron chi connectivity index (χ3n) is 2.54. The standard InChI is InChI=1S/C14H27NO2/c1-4-5-6-7-10-15-11-8-9-12-17-14(16)13(2)3/h15H,2,4-12H2,1,3H3. The van der Waals surface area contributed by atoms with Crippen LogP contribution in [-0.2, 0) is 9.53 Å². The number of rotatable bonds is 11. The highest BCUT2D eigenvalue weighted by Gasteiger charge is 2.01. The van der Waals surface area contributed by atoms with Crippen molar-refractivity contribution in [3.05, 3.63) is 12.2 Å². The molecule has 0 atom stereocenters. The molecule has 17 heavy (non-hydrogen) atoms. The van der Waals surface area contributed by atoms with Gasteiger partial charge in [-0.05, 0) is 39.3 Å². The van der Waals surface area contributed by atoms with Gasteiger partial charge in [0.25, 0.3) is 0 Å². The predicted molar refractivity (Wildman–Crippen MR) is 72.0 cm³/mol. The first-order valence-corrected chi connectivity index (χ1v) is 6.71. The Balaban J connectivity index is 3.08. The van der Waals surface area contributed by atoms with Gasteiger partial charge in [0.2, 0.25) is 0 Å². The Bertz CT molecular complexity index is 214. The van der Waals surface area contributed by atoms with Crippen LogP contribution in [0.1, 0.15) is 52.4 Å². The van der Waals surface area contributed by atoms with Gasteiger partial charge in [0.15, 0.2) is 0 Å². The number of ether oxygens (including phenoxy) is 1. The number of hydrogen-bond acceptors (Lipinski definition) is 3. The molecule has 0 fully saturated rings. The lowest BCUT2D eigenvalue weighted by Gasteiger charge is -2.05. The fourth-order valence-corrected chi connectivity index (χ4v) is 1.44. The highest BCUT2D eigenvalue weighted by Crippen LogP contribution is 1.98. The Labute approximate surface area is 106 Å². The molecule has 0 saturated heterocycles. The van der Waals surface area contributed by atoms with Gasteiger partial charge in [-0.2, -0.15) is 0 Å². The van der Waals surface area contributed by atoms with Crippen LogP contribution in [0.15, 0.2) is 12.2 Å². The summed E-state index contributed by atoms with van der Waals surface area (Å²) < 4.78 is 5.00. The first-order valence-electron chi connectivity index (χ1n) is 6.71. The van der Waals surface area contributed by atoms with Gasteiger partial charge in [-0.15, -0.1) is 0 Å². The first-order chi connectivity index (χ1) is 8.18. The molecule has 100 valence electrons. The summed E-state index contributed by atoms with van der Waals surface area (Å²) in [5, 5.41) is 3.40. The SMILES string of the molecule is C=C(C)C(=O)OCCCCNCCCCCC. The molecule has 0 aromatic rings. The molecule has 0 saturated carbocycles. The van der Waals surface area contributed by atoms with Crippen LogP contribution in [0.5, 0.6) is 0 Å². The predicted octanol–water partition coefficient (Wildman–Crippen LogP) is 3.06. The molecule has 0 aromatic carbocycles. The molecule has 0 aliphatic carbocycles. The van der Waals surface area contributed by atoms with Crippen LogP contribution in [0.25, 0.3) is 0 Å². The molecule has 0 bridgehead atoms. The smallest absolute Gasteiger partial charge is 0.333 e. The topological polar surface area (TPSA) is 38.3 Å². The maximum Gasteiger partial charge on any atom is 0.333 e. The van der Waals surface area contributed by atoms with Gasteiger partial charge in [-0.1, -0.05) is 32.8 Å². The Morgan fingerprint density at radius 2 is 1.76 bits per heavy atom. The summed E-state index contributed by atoms with van der Waals surface area (Å²) in [6.45, 7) is 10.0. The van der Waals surface area contributed by atoms with Gasteiger partial charge in [-0.25, -0.2) is 4.79 Å². The summed E-state index contributed by atoms with van der Waals surface area (Å²) in [6, 6.07) is 0. The van der Waals surface area contributed by atoms with Gasteiger partial charge in [0.1, 0.15) is 0 Å². The number of carbonyl (C=O) groups excluding carboxylic acids is 1. The van der Waals surface area contributed by atoms with E-state index in [1.165, 1.54) is 25.7 Å². The fraction of sp³-hybridized carbons (Fsp3) is 0.786. The van der Waals surface area contributed by atoms with Crippen molar-refractivity contribution in [2.45, 2.75) is 52.4 Å². The monoisotopic (exact) mass is 241 g/mol. The van der Waals surface area contributed by atoms with E-state index in [9.17, 15) is 4.79 Å². The first kappa shape index (κ1) is 16.2. The molecule has 3 heteroatoms. The number of carbonyl (C=O) groups is 1. The molecular weight excluding hydrogens is 214 g/mol. The summed E-state index contributed by atoms with van der Waals surface area (Å²) >= 11 is 0. The maximum absolute atomic E-state index is 11.0. The minimum Gasteiger partial charge on any atom is -0.462 e. The van der Waals surface area contributed by atoms with Crippen LogP contribution >= 0.6 is 0 Å². The van der Waals surface area contributed by atoms with E-state index in [1.54, 1.807) is 6.92 Å². The molecule has 0 radical (unpaired) electrons. The van der Waals surface area contributed by atoms with E-state index in [2.05, 4.69) is 18.8 Å². The highest BCUT2D eigenvalue weighted by atomic mass is 16.5. The van der Waals surface area contributed by atoms with E-state index in [4.69, 9.17) is 4.74 Å². The van der Waals surface area contributed by atoms with Crippen molar-refractivity contribution in [3.8, 4) is 0 Å². The quantitative estimate of drug-likeness (QED) is 0.343. The van der Waals surface area contributed by atoms with Crippen LogP contribution in [0.2, 0.25) is 0 Å². The van der Waals surface area contributed by atoms with E-state index in [-0.39, 0.29) is 5.97 Å². The Morgan fingerprint density at radius 3 is 2.35 bits per heavy atom. The summed E-state index contributed by atoms with van der Waals surface area (Å²) in [4.78, 5) is 11.0. The molecule has 3 nitrogen and oxygen atoms in total. The van der Waals surface area contributed by atoms with Crippen LogP contribution in [-0.4, -0.2) is 25.7 Å². The Morgan fingerprint density at radius 1 is 1.12 bits per heavy atom. The van der Waals surface area contributed by atoms with Crippen LogP contribution in [0, 0.1) is 0 Å². The van der Waals surface area contributed by atoms with Gasteiger partial charge in [-0.3, -0.25) is 0 Å². The lowest BCUT2D eigenvalue weighted by molar-refractivity contribution is -0.139. The van der Waals surface area contributed by atoms with Crippen LogP contribution in [0.4, 0.5) is 0 Å².